The molecule has 1 aliphatic heterocycles. The third kappa shape index (κ3) is 5.65. The van der Waals surface area contributed by atoms with Crippen molar-refractivity contribution in [1.82, 2.24) is 19.4 Å². The summed E-state index contributed by atoms with van der Waals surface area (Å²) in [6.45, 7) is 5.41. The van der Waals surface area contributed by atoms with Gasteiger partial charge in [-0.15, -0.1) is 0 Å². The van der Waals surface area contributed by atoms with Gasteiger partial charge < -0.3 is 14.3 Å². The van der Waals surface area contributed by atoms with E-state index in [2.05, 4.69) is 65.3 Å². The first-order chi connectivity index (χ1) is 19.5. The summed E-state index contributed by atoms with van der Waals surface area (Å²) in [6, 6.07) is 30.5. The van der Waals surface area contributed by atoms with E-state index in [0.717, 1.165) is 42.7 Å². The van der Waals surface area contributed by atoms with E-state index in [-0.39, 0.29) is 17.6 Å². The number of aromatic nitrogens is 2. The Balaban J connectivity index is 1.12. The van der Waals surface area contributed by atoms with E-state index < -0.39 is 0 Å². The lowest BCUT2D eigenvalue weighted by atomic mass is 10.0. The number of H-pyrrole nitrogens is 1. The van der Waals surface area contributed by atoms with Crippen molar-refractivity contribution < 1.29 is 9.21 Å². The van der Waals surface area contributed by atoms with Crippen molar-refractivity contribution in [1.29, 1.82) is 0 Å². The highest BCUT2D eigenvalue weighted by Crippen LogP contribution is 2.26. The zero-order valence-electron chi connectivity index (χ0n) is 22.8. The molecular formula is C33H34N4O3. The van der Waals surface area contributed by atoms with Gasteiger partial charge in [-0.25, -0.2) is 4.79 Å². The van der Waals surface area contributed by atoms with Crippen molar-refractivity contribution in [3.63, 3.8) is 0 Å². The fraction of sp³-hybridized carbons (Fsp3) is 0.273. The number of piperidine rings is 1. The molecule has 6 rings (SSSR count). The second-order valence-electron chi connectivity index (χ2n) is 10.7. The van der Waals surface area contributed by atoms with Crippen LogP contribution in [0.5, 0.6) is 0 Å². The van der Waals surface area contributed by atoms with Crippen LogP contribution in [0.15, 0.2) is 100 Å². The average molecular weight is 535 g/mol. The van der Waals surface area contributed by atoms with Gasteiger partial charge in [0.2, 0.25) is 0 Å². The van der Waals surface area contributed by atoms with Crippen LogP contribution in [-0.4, -0.2) is 38.3 Å². The normalized spacial score (nSPS) is 14.3. The summed E-state index contributed by atoms with van der Waals surface area (Å²) in [5.41, 5.74) is 5.38. The topological polar surface area (TPSA) is 74.5 Å². The Bertz CT molecular complexity index is 1640. The molecule has 204 valence electrons. The number of likely N-dealkylation sites (tertiary alicyclic amines) is 1. The van der Waals surface area contributed by atoms with Crippen molar-refractivity contribution >= 4 is 16.9 Å². The number of amides is 1. The molecule has 0 saturated carbocycles. The van der Waals surface area contributed by atoms with Gasteiger partial charge in [0.05, 0.1) is 17.6 Å². The van der Waals surface area contributed by atoms with Crippen molar-refractivity contribution in [3.8, 4) is 0 Å². The number of aryl methyl sites for hydroxylation is 1. The van der Waals surface area contributed by atoms with Crippen LogP contribution in [0.4, 0.5) is 0 Å². The number of carbonyl (C=O) groups is 1. The number of nitrogens with zero attached hydrogens (tertiary/aromatic N) is 3. The van der Waals surface area contributed by atoms with Crippen LogP contribution in [0, 0.1) is 6.92 Å². The van der Waals surface area contributed by atoms with Gasteiger partial charge in [-0.05, 0) is 55.2 Å². The molecule has 1 aliphatic rings. The summed E-state index contributed by atoms with van der Waals surface area (Å²) in [4.78, 5) is 33.1. The lowest BCUT2D eigenvalue weighted by Crippen LogP contribution is -2.40. The van der Waals surface area contributed by atoms with Crippen LogP contribution in [0.3, 0.4) is 0 Å². The van der Waals surface area contributed by atoms with Crippen LogP contribution < -0.4 is 5.69 Å². The molecule has 1 N–H and O–H groups in total. The second-order valence-corrected chi connectivity index (χ2v) is 10.7. The number of hydrogen-bond acceptors (Lipinski definition) is 4. The predicted molar refractivity (Wildman–Crippen MR) is 156 cm³/mol. The van der Waals surface area contributed by atoms with E-state index in [1.165, 1.54) is 16.7 Å². The molecule has 7 heteroatoms. The lowest BCUT2D eigenvalue weighted by molar-refractivity contribution is 0.0658. The van der Waals surface area contributed by atoms with E-state index in [1.807, 2.05) is 45.9 Å². The highest BCUT2D eigenvalue weighted by molar-refractivity contribution is 5.91. The molecule has 1 fully saturated rings. The van der Waals surface area contributed by atoms with Gasteiger partial charge >= 0.3 is 5.69 Å². The number of furan rings is 1. The summed E-state index contributed by atoms with van der Waals surface area (Å²) in [7, 11) is 0. The third-order valence-corrected chi connectivity index (χ3v) is 7.77. The maximum Gasteiger partial charge on any atom is 0.326 e. The standard InChI is InChI=1S/C33H34N4O3/c1-24-11-13-26(14-12-24)22-35(21-25-7-3-2-4-8-25)23-28-15-16-31(40-28)32(38)36-19-17-27(18-20-36)37-30-10-6-5-9-29(30)34-33(37)39/h2-16,27H,17-23H2,1H3,(H,34,39). The number of carbonyl (C=O) groups excluding carboxylic acids is 1. The first-order valence-electron chi connectivity index (χ1n) is 13.9. The van der Waals surface area contributed by atoms with Crippen molar-refractivity contribution in [2.24, 2.45) is 0 Å². The Kier molecular flexibility index (Phi) is 7.38. The van der Waals surface area contributed by atoms with Crippen LogP contribution >= 0.6 is 0 Å². The molecule has 1 saturated heterocycles. The average Bonchev–Trinajstić information content (AvgIpc) is 3.58. The quantitative estimate of drug-likeness (QED) is 0.269. The largest absolute Gasteiger partial charge is 0.455 e. The van der Waals surface area contributed by atoms with E-state index in [0.29, 0.717) is 25.4 Å². The highest BCUT2D eigenvalue weighted by atomic mass is 16.4. The van der Waals surface area contributed by atoms with Gasteiger partial charge in [0.25, 0.3) is 5.91 Å². The first kappa shape index (κ1) is 25.9. The molecular weight excluding hydrogens is 500 g/mol. The summed E-state index contributed by atoms with van der Waals surface area (Å²) in [6.07, 6.45) is 1.45. The molecule has 2 aromatic heterocycles. The molecule has 0 aliphatic carbocycles. The molecule has 1 amide bonds. The Morgan fingerprint density at radius 1 is 0.850 bits per heavy atom. The molecule has 7 nitrogen and oxygen atoms in total. The van der Waals surface area contributed by atoms with Crippen LogP contribution in [0.25, 0.3) is 11.0 Å². The number of nitrogens with one attached hydrogen (secondary N) is 1. The number of aromatic amines is 1. The summed E-state index contributed by atoms with van der Waals surface area (Å²) < 4.78 is 7.95. The number of hydrogen-bond donors (Lipinski definition) is 1. The molecule has 0 bridgehead atoms. The van der Waals surface area contributed by atoms with Crippen molar-refractivity contribution in [2.45, 2.75) is 45.4 Å². The predicted octanol–water partition coefficient (Wildman–Crippen LogP) is 5.91. The minimum atomic E-state index is -0.0934. The van der Waals surface area contributed by atoms with E-state index >= 15 is 0 Å². The maximum atomic E-state index is 13.3. The van der Waals surface area contributed by atoms with Crippen LogP contribution in [0.2, 0.25) is 0 Å². The Morgan fingerprint density at radius 2 is 1.52 bits per heavy atom. The van der Waals surface area contributed by atoms with E-state index in [9.17, 15) is 9.59 Å². The molecule has 5 aromatic rings. The monoisotopic (exact) mass is 534 g/mol. The number of imidazole rings is 1. The zero-order valence-corrected chi connectivity index (χ0v) is 22.8. The Hall–Kier alpha value is -4.36. The lowest BCUT2D eigenvalue weighted by Gasteiger charge is -2.32. The van der Waals surface area contributed by atoms with Gasteiger partial charge in [0, 0.05) is 32.2 Å². The summed E-state index contributed by atoms with van der Waals surface area (Å²) in [5, 5.41) is 0. The van der Waals surface area contributed by atoms with Crippen molar-refractivity contribution in [2.75, 3.05) is 13.1 Å². The molecule has 0 unspecified atom stereocenters. The van der Waals surface area contributed by atoms with E-state index in [1.54, 1.807) is 6.07 Å². The van der Waals surface area contributed by atoms with Crippen LogP contribution in [-0.2, 0) is 19.6 Å². The molecule has 40 heavy (non-hydrogen) atoms. The Morgan fingerprint density at radius 3 is 2.27 bits per heavy atom. The minimum Gasteiger partial charge on any atom is -0.455 e. The number of para-hydroxylation sites is 2. The molecule has 0 spiro atoms. The van der Waals surface area contributed by atoms with E-state index in [4.69, 9.17) is 4.42 Å². The fourth-order valence-electron chi connectivity index (χ4n) is 5.68. The third-order valence-electron chi connectivity index (χ3n) is 7.77. The Labute approximate surface area is 233 Å². The second kappa shape index (κ2) is 11.4. The molecule has 3 heterocycles. The number of fused-ring (bicyclic) bond motifs is 1. The summed E-state index contributed by atoms with van der Waals surface area (Å²) >= 11 is 0. The first-order valence-corrected chi connectivity index (χ1v) is 13.9. The zero-order chi connectivity index (χ0) is 27.5. The molecule has 0 atom stereocenters. The maximum absolute atomic E-state index is 13.3. The highest BCUT2D eigenvalue weighted by Gasteiger charge is 2.28. The van der Waals surface area contributed by atoms with Crippen molar-refractivity contribution in [3.05, 3.63) is 130 Å². The number of benzene rings is 3. The SMILES string of the molecule is Cc1ccc(CN(Cc2ccccc2)Cc2ccc(C(=O)N3CCC(n4c(=O)[nH]c5ccccc54)CC3)o2)cc1. The molecule has 0 radical (unpaired) electrons. The van der Waals surface area contributed by atoms with Crippen LogP contribution in [0.1, 0.15) is 51.9 Å². The fourth-order valence-corrected chi connectivity index (χ4v) is 5.68. The summed E-state index contributed by atoms with van der Waals surface area (Å²) in [5.74, 6) is 1.04. The van der Waals surface area contributed by atoms with Gasteiger partial charge in [0.15, 0.2) is 5.76 Å². The minimum absolute atomic E-state index is 0.0631. The number of rotatable bonds is 8. The smallest absolute Gasteiger partial charge is 0.326 e. The van der Waals surface area contributed by atoms with Gasteiger partial charge in [0.1, 0.15) is 5.76 Å². The molecule has 3 aromatic carbocycles. The van der Waals surface area contributed by atoms with Gasteiger partial charge in [-0.3, -0.25) is 14.3 Å². The van der Waals surface area contributed by atoms with Gasteiger partial charge in [-0.1, -0.05) is 72.3 Å². The van der Waals surface area contributed by atoms with Gasteiger partial charge in [-0.2, -0.15) is 0 Å².